The maximum Gasteiger partial charge on any atom is 0.151 e. The molecule has 0 radical (unpaired) electrons. The van der Waals surface area contributed by atoms with Crippen LogP contribution in [0.3, 0.4) is 0 Å². The summed E-state index contributed by atoms with van der Waals surface area (Å²) in [6.45, 7) is 2.20. The summed E-state index contributed by atoms with van der Waals surface area (Å²) < 4.78 is 6.94. The second-order valence-corrected chi connectivity index (χ2v) is 4.26. The molecule has 2 aromatic rings. The number of benzene rings is 1. The van der Waals surface area contributed by atoms with Crippen molar-refractivity contribution in [3.63, 3.8) is 0 Å². The first-order valence-electron chi connectivity index (χ1n) is 6.38. The molecule has 0 aliphatic heterocycles. The number of unbranched alkanes of at least 4 members (excludes halogenated alkanes) is 2. The Bertz CT molecular complexity index is 476. The third-order valence-corrected chi connectivity index (χ3v) is 2.88. The Hall–Kier alpha value is -1.84. The van der Waals surface area contributed by atoms with Gasteiger partial charge in [-0.05, 0) is 30.7 Å². The molecule has 1 aromatic heterocycles. The number of rotatable bonds is 6. The summed E-state index contributed by atoms with van der Waals surface area (Å²) in [6, 6.07) is 7.80. The molecule has 2 rings (SSSR count). The minimum Gasteiger partial charge on any atom is -0.497 e. The van der Waals surface area contributed by atoms with E-state index in [1.54, 1.807) is 18.1 Å². The highest BCUT2D eigenvalue weighted by molar-refractivity contribution is 5.36. The van der Waals surface area contributed by atoms with Gasteiger partial charge in [0.25, 0.3) is 0 Å². The molecule has 4 nitrogen and oxygen atoms in total. The van der Waals surface area contributed by atoms with Crippen molar-refractivity contribution in [2.24, 2.45) is 0 Å². The number of nitrogens with zero attached hydrogens (tertiary/aromatic N) is 3. The van der Waals surface area contributed by atoms with E-state index < -0.39 is 0 Å². The summed E-state index contributed by atoms with van der Waals surface area (Å²) in [5.41, 5.74) is 1.00. The quantitative estimate of drug-likeness (QED) is 0.734. The van der Waals surface area contributed by atoms with Crippen LogP contribution in [0.15, 0.2) is 30.6 Å². The van der Waals surface area contributed by atoms with E-state index in [0.29, 0.717) is 0 Å². The highest BCUT2D eigenvalue weighted by Crippen LogP contribution is 2.14. The molecule has 18 heavy (non-hydrogen) atoms. The van der Waals surface area contributed by atoms with E-state index in [1.807, 2.05) is 24.3 Å². The summed E-state index contributed by atoms with van der Waals surface area (Å²) in [4.78, 5) is 4.33. The van der Waals surface area contributed by atoms with Crippen LogP contribution in [0.25, 0.3) is 5.69 Å². The number of ether oxygens (including phenoxy) is 1. The third-order valence-electron chi connectivity index (χ3n) is 2.88. The normalized spacial score (nSPS) is 10.6. The van der Waals surface area contributed by atoms with Crippen LogP contribution in [-0.4, -0.2) is 21.9 Å². The Morgan fingerprint density at radius 1 is 1.17 bits per heavy atom. The molecule has 0 fully saturated rings. The van der Waals surface area contributed by atoms with E-state index >= 15 is 0 Å². The van der Waals surface area contributed by atoms with Gasteiger partial charge in [-0.15, -0.1) is 0 Å². The van der Waals surface area contributed by atoms with Gasteiger partial charge < -0.3 is 4.74 Å². The van der Waals surface area contributed by atoms with E-state index in [1.165, 1.54) is 12.8 Å². The molecule has 0 amide bonds. The first kappa shape index (κ1) is 12.6. The molecule has 1 aromatic carbocycles. The monoisotopic (exact) mass is 245 g/mol. The minimum atomic E-state index is 0.849. The molecule has 0 aliphatic rings. The van der Waals surface area contributed by atoms with Gasteiger partial charge in [0.2, 0.25) is 0 Å². The fraction of sp³-hybridized carbons (Fsp3) is 0.429. The molecule has 0 saturated heterocycles. The fourth-order valence-corrected chi connectivity index (χ4v) is 1.80. The summed E-state index contributed by atoms with van der Waals surface area (Å²) in [7, 11) is 1.66. The van der Waals surface area contributed by atoms with E-state index in [-0.39, 0.29) is 0 Å². The number of methoxy groups -OCH3 is 1. The molecule has 0 saturated carbocycles. The predicted octanol–water partition coefficient (Wildman–Crippen LogP) is 3.01. The summed E-state index contributed by atoms with van der Waals surface area (Å²) in [5, 5.41) is 4.47. The number of aromatic nitrogens is 3. The molecule has 0 N–H and O–H groups in total. The molecular weight excluding hydrogens is 226 g/mol. The predicted molar refractivity (Wildman–Crippen MR) is 71.1 cm³/mol. The van der Waals surface area contributed by atoms with Crippen LogP contribution >= 0.6 is 0 Å². The van der Waals surface area contributed by atoms with Gasteiger partial charge in [-0.1, -0.05) is 19.8 Å². The standard InChI is InChI=1S/C14H19N3O/c1-3-4-5-6-14-15-11-17(16-14)12-7-9-13(18-2)10-8-12/h7-11H,3-6H2,1-2H3. The van der Waals surface area contributed by atoms with E-state index in [0.717, 1.165) is 30.1 Å². The Morgan fingerprint density at radius 2 is 1.94 bits per heavy atom. The zero-order valence-electron chi connectivity index (χ0n) is 11.0. The van der Waals surface area contributed by atoms with Crippen molar-refractivity contribution in [1.82, 2.24) is 14.8 Å². The average Bonchev–Trinajstić information content (AvgIpc) is 2.88. The van der Waals surface area contributed by atoms with Crippen molar-refractivity contribution in [1.29, 1.82) is 0 Å². The van der Waals surface area contributed by atoms with Crippen molar-refractivity contribution < 1.29 is 4.74 Å². The van der Waals surface area contributed by atoms with Gasteiger partial charge in [-0.25, -0.2) is 9.67 Å². The molecule has 0 aliphatic carbocycles. The average molecular weight is 245 g/mol. The van der Waals surface area contributed by atoms with Gasteiger partial charge in [-0.3, -0.25) is 0 Å². The molecule has 4 heteroatoms. The van der Waals surface area contributed by atoms with Crippen molar-refractivity contribution in [2.75, 3.05) is 7.11 Å². The van der Waals surface area contributed by atoms with Crippen molar-refractivity contribution in [3.05, 3.63) is 36.4 Å². The minimum absolute atomic E-state index is 0.849. The van der Waals surface area contributed by atoms with Crippen LogP contribution in [0.1, 0.15) is 32.0 Å². The van der Waals surface area contributed by atoms with Gasteiger partial charge in [0.1, 0.15) is 12.1 Å². The van der Waals surface area contributed by atoms with Crippen LogP contribution in [0, 0.1) is 0 Å². The molecular formula is C14H19N3O. The largest absolute Gasteiger partial charge is 0.497 e. The van der Waals surface area contributed by atoms with Crippen molar-refractivity contribution >= 4 is 0 Å². The van der Waals surface area contributed by atoms with Crippen LogP contribution in [0.2, 0.25) is 0 Å². The molecule has 0 unspecified atom stereocenters. The Kier molecular flexibility index (Phi) is 4.34. The topological polar surface area (TPSA) is 39.9 Å². The Balaban J connectivity index is 2.04. The summed E-state index contributed by atoms with van der Waals surface area (Å²) in [5.74, 6) is 1.77. The SMILES string of the molecule is CCCCCc1ncn(-c2ccc(OC)cc2)n1. The number of hydrogen-bond donors (Lipinski definition) is 0. The second-order valence-electron chi connectivity index (χ2n) is 4.26. The second kappa shape index (κ2) is 6.19. The lowest BCUT2D eigenvalue weighted by Crippen LogP contribution is -1.96. The smallest absolute Gasteiger partial charge is 0.151 e. The van der Waals surface area contributed by atoms with Crippen LogP contribution in [0.5, 0.6) is 5.75 Å². The van der Waals surface area contributed by atoms with E-state index in [2.05, 4.69) is 17.0 Å². The lowest BCUT2D eigenvalue weighted by molar-refractivity contribution is 0.414. The molecule has 0 atom stereocenters. The maximum absolute atomic E-state index is 5.13. The Morgan fingerprint density at radius 3 is 2.61 bits per heavy atom. The van der Waals surface area contributed by atoms with Gasteiger partial charge in [0, 0.05) is 6.42 Å². The van der Waals surface area contributed by atoms with Crippen molar-refractivity contribution in [2.45, 2.75) is 32.6 Å². The maximum atomic E-state index is 5.13. The number of hydrogen-bond acceptors (Lipinski definition) is 3. The molecule has 0 bridgehead atoms. The first-order chi connectivity index (χ1) is 8.83. The Labute approximate surface area is 108 Å². The lowest BCUT2D eigenvalue weighted by Gasteiger charge is -2.02. The third kappa shape index (κ3) is 3.09. The summed E-state index contributed by atoms with van der Waals surface area (Å²) >= 11 is 0. The first-order valence-corrected chi connectivity index (χ1v) is 6.38. The highest BCUT2D eigenvalue weighted by atomic mass is 16.5. The van der Waals surface area contributed by atoms with E-state index in [9.17, 15) is 0 Å². The van der Waals surface area contributed by atoms with Crippen molar-refractivity contribution in [3.8, 4) is 11.4 Å². The van der Waals surface area contributed by atoms with Crippen LogP contribution < -0.4 is 4.74 Å². The molecule has 1 heterocycles. The summed E-state index contributed by atoms with van der Waals surface area (Å²) in [6.07, 6.45) is 6.33. The van der Waals surface area contributed by atoms with Gasteiger partial charge >= 0.3 is 0 Å². The van der Waals surface area contributed by atoms with Gasteiger partial charge in [0.15, 0.2) is 5.82 Å². The fourth-order valence-electron chi connectivity index (χ4n) is 1.80. The lowest BCUT2D eigenvalue weighted by atomic mass is 10.2. The van der Waals surface area contributed by atoms with E-state index in [4.69, 9.17) is 4.74 Å². The molecule has 0 spiro atoms. The highest BCUT2D eigenvalue weighted by Gasteiger charge is 2.02. The zero-order chi connectivity index (χ0) is 12.8. The van der Waals surface area contributed by atoms with Gasteiger partial charge in [0.05, 0.1) is 12.8 Å². The zero-order valence-corrected chi connectivity index (χ0v) is 11.0. The van der Waals surface area contributed by atoms with Crippen LogP contribution in [-0.2, 0) is 6.42 Å². The van der Waals surface area contributed by atoms with Crippen LogP contribution in [0.4, 0.5) is 0 Å². The molecule has 96 valence electrons. The number of aryl methyl sites for hydroxylation is 1. The van der Waals surface area contributed by atoms with Gasteiger partial charge in [-0.2, -0.15) is 5.10 Å².